The average molecular weight is 337 g/mol. The summed E-state index contributed by atoms with van der Waals surface area (Å²) in [4.78, 5) is 15.6. The van der Waals surface area contributed by atoms with Crippen molar-refractivity contribution in [2.24, 2.45) is 5.92 Å². The largest absolute Gasteiger partial charge is 0.393 e. The lowest BCUT2D eigenvalue weighted by Gasteiger charge is -2.25. The normalized spacial score (nSPS) is 20.3. The number of aliphatic hydroxyl groups excluding tert-OH is 1. The zero-order valence-electron chi connectivity index (χ0n) is 14.9. The van der Waals surface area contributed by atoms with E-state index < -0.39 is 0 Å². The van der Waals surface area contributed by atoms with E-state index in [1.54, 1.807) is 24.1 Å². The molecule has 1 saturated carbocycles. The van der Waals surface area contributed by atoms with E-state index in [4.69, 9.17) is 0 Å². The number of aliphatic hydroxyl groups is 1. The fraction of sp³-hybridized carbons (Fsp3) is 0.611. The van der Waals surface area contributed by atoms with Crippen LogP contribution in [-0.2, 0) is 0 Å². The highest BCUT2D eigenvalue weighted by atomic mass is 19.1. The highest BCUT2D eigenvalue weighted by Gasteiger charge is 2.27. The molecule has 134 valence electrons. The number of rotatable bonds is 5. The van der Waals surface area contributed by atoms with Gasteiger partial charge in [0, 0.05) is 38.3 Å². The van der Waals surface area contributed by atoms with Crippen molar-refractivity contribution in [3.8, 4) is 0 Å². The highest BCUT2D eigenvalue weighted by molar-refractivity contribution is 5.89. The molecular weight excluding hydrogens is 309 g/mol. The zero-order valence-corrected chi connectivity index (χ0v) is 14.9. The molecule has 2 unspecified atom stereocenters. The standard InChI is InChI=1S/C18H28FN3O2/c1-12(2)22(4)16-9-8-14(10-15(16)19)20-18(24)21(3)11-13-6-5-7-17(13)23/h8-10,12-13,17,23H,5-7,11H2,1-4H3,(H,20,24). The summed E-state index contributed by atoms with van der Waals surface area (Å²) in [5, 5.41) is 12.6. The van der Waals surface area contributed by atoms with Gasteiger partial charge in [-0.05, 0) is 44.9 Å². The van der Waals surface area contributed by atoms with Crippen LogP contribution in [-0.4, -0.2) is 48.8 Å². The smallest absolute Gasteiger partial charge is 0.321 e. The van der Waals surface area contributed by atoms with E-state index in [2.05, 4.69) is 5.32 Å². The lowest BCUT2D eigenvalue weighted by Crippen LogP contribution is -2.37. The molecule has 24 heavy (non-hydrogen) atoms. The Morgan fingerprint density at radius 3 is 2.62 bits per heavy atom. The lowest BCUT2D eigenvalue weighted by molar-refractivity contribution is 0.116. The minimum atomic E-state index is -0.363. The topological polar surface area (TPSA) is 55.8 Å². The number of hydrogen-bond acceptors (Lipinski definition) is 3. The van der Waals surface area contributed by atoms with Crippen molar-refractivity contribution in [2.75, 3.05) is 30.9 Å². The number of benzene rings is 1. The van der Waals surface area contributed by atoms with E-state index >= 15 is 0 Å². The SMILES string of the molecule is CC(C)N(C)c1ccc(NC(=O)N(C)CC2CCCC2O)cc1F. The van der Waals surface area contributed by atoms with Gasteiger partial charge in [-0.1, -0.05) is 6.42 Å². The van der Waals surface area contributed by atoms with Crippen LogP contribution in [0, 0.1) is 11.7 Å². The first kappa shape index (κ1) is 18.5. The summed E-state index contributed by atoms with van der Waals surface area (Å²) in [5.41, 5.74) is 0.933. The number of carbonyl (C=O) groups is 1. The predicted molar refractivity (Wildman–Crippen MR) is 94.9 cm³/mol. The van der Waals surface area contributed by atoms with Crippen molar-refractivity contribution < 1.29 is 14.3 Å². The number of urea groups is 1. The molecule has 1 fully saturated rings. The van der Waals surface area contributed by atoms with Crippen molar-refractivity contribution in [2.45, 2.75) is 45.3 Å². The molecule has 1 aromatic carbocycles. The van der Waals surface area contributed by atoms with E-state index in [-0.39, 0.29) is 29.9 Å². The van der Waals surface area contributed by atoms with Crippen molar-refractivity contribution >= 4 is 17.4 Å². The predicted octanol–water partition coefficient (Wildman–Crippen LogP) is 3.30. The second kappa shape index (κ2) is 7.83. The number of carbonyl (C=O) groups excluding carboxylic acids is 1. The molecule has 0 saturated heterocycles. The van der Waals surface area contributed by atoms with Crippen LogP contribution >= 0.6 is 0 Å². The summed E-state index contributed by atoms with van der Waals surface area (Å²) in [6.45, 7) is 4.48. The fourth-order valence-corrected chi connectivity index (χ4v) is 3.03. The van der Waals surface area contributed by atoms with Crippen LogP contribution in [0.4, 0.5) is 20.6 Å². The van der Waals surface area contributed by atoms with Gasteiger partial charge in [0.25, 0.3) is 0 Å². The molecule has 0 spiro atoms. The maximum atomic E-state index is 14.3. The summed E-state index contributed by atoms with van der Waals surface area (Å²) in [6.07, 6.45) is 2.40. The first-order valence-corrected chi connectivity index (χ1v) is 8.52. The zero-order chi connectivity index (χ0) is 17.9. The Labute approximate surface area is 143 Å². The molecule has 6 heteroatoms. The van der Waals surface area contributed by atoms with Gasteiger partial charge in [-0.3, -0.25) is 0 Å². The molecule has 2 atom stereocenters. The number of anilines is 2. The fourth-order valence-electron chi connectivity index (χ4n) is 3.03. The summed E-state index contributed by atoms with van der Waals surface area (Å²) >= 11 is 0. The Morgan fingerprint density at radius 2 is 2.08 bits per heavy atom. The Balaban J connectivity index is 1.97. The molecule has 1 aliphatic rings. The van der Waals surface area contributed by atoms with Crippen molar-refractivity contribution in [1.82, 2.24) is 4.90 Å². The van der Waals surface area contributed by atoms with E-state index in [0.29, 0.717) is 17.9 Å². The molecule has 0 aliphatic heterocycles. The van der Waals surface area contributed by atoms with Crippen molar-refractivity contribution in [1.29, 1.82) is 0 Å². The van der Waals surface area contributed by atoms with Crippen LogP contribution in [0.1, 0.15) is 33.1 Å². The summed E-state index contributed by atoms with van der Waals surface area (Å²) < 4.78 is 14.3. The third-order valence-electron chi connectivity index (χ3n) is 4.83. The minimum absolute atomic E-state index is 0.125. The molecule has 2 rings (SSSR count). The lowest BCUT2D eigenvalue weighted by atomic mass is 10.1. The van der Waals surface area contributed by atoms with Crippen molar-refractivity contribution in [3.05, 3.63) is 24.0 Å². The Kier molecular flexibility index (Phi) is 6.04. The van der Waals surface area contributed by atoms with Crippen LogP contribution in [0.25, 0.3) is 0 Å². The second-order valence-corrected chi connectivity index (χ2v) is 6.94. The minimum Gasteiger partial charge on any atom is -0.393 e. The molecule has 1 aliphatic carbocycles. The van der Waals surface area contributed by atoms with Crippen LogP contribution in [0.2, 0.25) is 0 Å². The number of amides is 2. The molecule has 0 radical (unpaired) electrons. The van der Waals surface area contributed by atoms with Crippen LogP contribution < -0.4 is 10.2 Å². The third-order valence-corrected chi connectivity index (χ3v) is 4.83. The monoisotopic (exact) mass is 337 g/mol. The second-order valence-electron chi connectivity index (χ2n) is 6.94. The number of nitrogens with zero attached hydrogens (tertiary/aromatic N) is 2. The van der Waals surface area contributed by atoms with Gasteiger partial charge in [-0.2, -0.15) is 0 Å². The third kappa shape index (κ3) is 4.38. The molecule has 2 N–H and O–H groups in total. The average Bonchev–Trinajstić information content (AvgIpc) is 2.91. The van der Waals surface area contributed by atoms with Crippen LogP contribution in [0.5, 0.6) is 0 Å². The van der Waals surface area contributed by atoms with Gasteiger partial charge in [0.1, 0.15) is 5.82 Å². The molecule has 0 heterocycles. The molecule has 5 nitrogen and oxygen atoms in total. The molecule has 2 amide bonds. The summed E-state index contributed by atoms with van der Waals surface area (Å²) in [7, 11) is 3.53. The van der Waals surface area contributed by atoms with Crippen molar-refractivity contribution in [3.63, 3.8) is 0 Å². The molecular formula is C18H28FN3O2. The van der Waals surface area contributed by atoms with Gasteiger partial charge in [0.15, 0.2) is 0 Å². The quantitative estimate of drug-likeness (QED) is 0.867. The highest BCUT2D eigenvalue weighted by Crippen LogP contribution is 2.27. The Hall–Kier alpha value is -1.82. The summed E-state index contributed by atoms with van der Waals surface area (Å²) in [5.74, 6) is -0.238. The first-order chi connectivity index (χ1) is 11.3. The maximum Gasteiger partial charge on any atom is 0.321 e. The van der Waals surface area contributed by atoms with Gasteiger partial charge < -0.3 is 20.2 Å². The Morgan fingerprint density at radius 1 is 1.38 bits per heavy atom. The van der Waals surface area contributed by atoms with E-state index in [1.165, 1.54) is 6.07 Å². The van der Waals surface area contributed by atoms with E-state index in [1.807, 2.05) is 25.8 Å². The van der Waals surface area contributed by atoms with E-state index in [9.17, 15) is 14.3 Å². The molecule has 1 aromatic rings. The number of halogens is 1. The van der Waals surface area contributed by atoms with Gasteiger partial charge in [-0.25, -0.2) is 9.18 Å². The Bertz CT molecular complexity index is 579. The van der Waals surface area contributed by atoms with Gasteiger partial charge >= 0.3 is 6.03 Å². The van der Waals surface area contributed by atoms with Gasteiger partial charge in [0.2, 0.25) is 0 Å². The molecule has 0 bridgehead atoms. The van der Waals surface area contributed by atoms with Gasteiger partial charge in [0.05, 0.1) is 11.8 Å². The van der Waals surface area contributed by atoms with Crippen LogP contribution in [0.3, 0.4) is 0 Å². The summed E-state index contributed by atoms with van der Waals surface area (Å²) in [6, 6.07) is 4.60. The van der Waals surface area contributed by atoms with Crippen LogP contribution in [0.15, 0.2) is 18.2 Å². The number of nitrogens with one attached hydrogen (secondary N) is 1. The first-order valence-electron chi connectivity index (χ1n) is 8.52. The van der Waals surface area contributed by atoms with E-state index in [0.717, 1.165) is 19.3 Å². The van der Waals surface area contributed by atoms with Gasteiger partial charge in [-0.15, -0.1) is 0 Å². The molecule has 0 aromatic heterocycles. The maximum absolute atomic E-state index is 14.3. The number of hydrogen-bond donors (Lipinski definition) is 2.